The predicted molar refractivity (Wildman–Crippen MR) is 72.0 cm³/mol. The van der Waals surface area contributed by atoms with Crippen LogP contribution in [0.2, 0.25) is 0 Å². The lowest BCUT2D eigenvalue weighted by Gasteiger charge is -2.36. The Bertz CT molecular complexity index is 480. The molecule has 102 valence electrons. The fourth-order valence-corrected chi connectivity index (χ4v) is 3.04. The van der Waals surface area contributed by atoms with Crippen LogP contribution in [-0.4, -0.2) is 31.2 Å². The van der Waals surface area contributed by atoms with Crippen molar-refractivity contribution in [1.29, 1.82) is 0 Å². The molecule has 2 saturated heterocycles. The molecule has 1 aromatic rings. The van der Waals surface area contributed by atoms with Crippen LogP contribution < -0.4 is 5.73 Å². The van der Waals surface area contributed by atoms with Crippen LogP contribution in [0.4, 0.5) is 5.69 Å². The quantitative estimate of drug-likeness (QED) is 0.653. The number of ether oxygens (including phenoxy) is 2. The molecule has 4 heteroatoms. The first-order valence-electron chi connectivity index (χ1n) is 6.80. The van der Waals surface area contributed by atoms with Crippen LogP contribution in [0.15, 0.2) is 24.3 Å². The zero-order valence-corrected chi connectivity index (χ0v) is 10.9. The van der Waals surface area contributed by atoms with E-state index in [0.29, 0.717) is 24.5 Å². The maximum atomic E-state index is 12.5. The maximum absolute atomic E-state index is 12.5. The van der Waals surface area contributed by atoms with Crippen LogP contribution in [-0.2, 0) is 9.47 Å². The Labute approximate surface area is 112 Å². The van der Waals surface area contributed by atoms with Gasteiger partial charge in [-0.2, -0.15) is 0 Å². The van der Waals surface area contributed by atoms with E-state index >= 15 is 0 Å². The van der Waals surface area contributed by atoms with Crippen molar-refractivity contribution in [3.05, 3.63) is 29.8 Å². The highest BCUT2D eigenvalue weighted by atomic mass is 16.6. The van der Waals surface area contributed by atoms with Crippen molar-refractivity contribution in [3.8, 4) is 0 Å². The Morgan fingerprint density at radius 1 is 1.37 bits per heavy atom. The van der Waals surface area contributed by atoms with Gasteiger partial charge in [-0.1, -0.05) is 12.1 Å². The number of Topliss-reactive ketones (excluding diaryl/α,β-unsaturated/α-hetero) is 1. The van der Waals surface area contributed by atoms with Crippen LogP contribution in [0.1, 0.15) is 29.6 Å². The lowest BCUT2D eigenvalue weighted by Crippen LogP contribution is -2.42. The van der Waals surface area contributed by atoms with Gasteiger partial charge in [0.15, 0.2) is 5.78 Å². The highest BCUT2D eigenvalue weighted by Crippen LogP contribution is 2.37. The van der Waals surface area contributed by atoms with Crippen LogP contribution in [0.3, 0.4) is 0 Å². The van der Waals surface area contributed by atoms with E-state index in [9.17, 15) is 4.79 Å². The van der Waals surface area contributed by atoms with Crippen molar-refractivity contribution < 1.29 is 14.3 Å². The number of anilines is 1. The molecule has 2 unspecified atom stereocenters. The molecule has 0 bridgehead atoms. The van der Waals surface area contributed by atoms with Crippen molar-refractivity contribution in [3.63, 3.8) is 0 Å². The Morgan fingerprint density at radius 2 is 2.26 bits per heavy atom. The standard InChI is InChI=1S/C15H19NO3/c16-13-3-1-2-11(8-13)14(17)12-4-6-19-15(9-12)5-7-18-10-15/h1-3,8,12H,4-7,9-10,16H2. The zero-order chi connectivity index (χ0) is 13.3. The zero-order valence-electron chi connectivity index (χ0n) is 10.9. The summed E-state index contributed by atoms with van der Waals surface area (Å²) in [7, 11) is 0. The number of nitrogens with two attached hydrogens (primary N) is 1. The van der Waals surface area contributed by atoms with Crippen molar-refractivity contribution in [2.45, 2.75) is 24.9 Å². The lowest BCUT2D eigenvalue weighted by atomic mass is 9.81. The van der Waals surface area contributed by atoms with E-state index in [1.165, 1.54) is 0 Å². The first-order chi connectivity index (χ1) is 9.19. The third-order valence-electron chi connectivity index (χ3n) is 4.10. The average molecular weight is 261 g/mol. The molecule has 2 aliphatic rings. The van der Waals surface area contributed by atoms with Crippen LogP contribution in [0, 0.1) is 5.92 Å². The minimum atomic E-state index is -0.223. The molecule has 0 radical (unpaired) electrons. The molecular formula is C15H19NO3. The molecule has 19 heavy (non-hydrogen) atoms. The smallest absolute Gasteiger partial charge is 0.166 e. The van der Waals surface area contributed by atoms with Gasteiger partial charge in [-0.15, -0.1) is 0 Å². The van der Waals surface area contributed by atoms with Gasteiger partial charge >= 0.3 is 0 Å². The summed E-state index contributed by atoms with van der Waals surface area (Å²) in [6.07, 6.45) is 2.45. The molecule has 1 aromatic carbocycles. The van der Waals surface area contributed by atoms with Crippen molar-refractivity contribution in [1.82, 2.24) is 0 Å². The van der Waals surface area contributed by atoms with E-state index in [2.05, 4.69) is 0 Å². The van der Waals surface area contributed by atoms with Gasteiger partial charge < -0.3 is 15.2 Å². The summed E-state index contributed by atoms with van der Waals surface area (Å²) in [5.74, 6) is 0.208. The second-order valence-corrected chi connectivity index (χ2v) is 5.51. The summed E-state index contributed by atoms with van der Waals surface area (Å²) >= 11 is 0. The Kier molecular flexibility index (Phi) is 3.29. The summed E-state index contributed by atoms with van der Waals surface area (Å²) in [6, 6.07) is 7.23. The molecule has 0 aromatic heterocycles. The maximum Gasteiger partial charge on any atom is 0.166 e. The largest absolute Gasteiger partial charge is 0.399 e. The van der Waals surface area contributed by atoms with E-state index in [0.717, 1.165) is 25.9 Å². The summed E-state index contributed by atoms with van der Waals surface area (Å²) in [6.45, 7) is 2.00. The van der Waals surface area contributed by atoms with Gasteiger partial charge in [0.1, 0.15) is 0 Å². The highest BCUT2D eigenvalue weighted by Gasteiger charge is 2.42. The fourth-order valence-electron chi connectivity index (χ4n) is 3.04. The second kappa shape index (κ2) is 4.94. The SMILES string of the molecule is Nc1cccc(C(=O)C2CCOC3(CCOC3)C2)c1. The molecule has 2 aliphatic heterocycles. The molecular weight excluding hydrogens is 242 g/mol. The van der Waals surface area contributed by atoms with Gasteiger partial charge in [0, 0.05) is 36.8 Å². The number of carbonyl (C=O) groups excluding carboxylic acids is 1. The summed E-state index contributed by atoms with van der Waals surface area (Å²) in [5, 5.41) is 0. The minimum Gasteiger partial charge on any atom is -0.399 e. The predicted octanol–water partition coefficient (Wildman–Crippen LogP) is 2.04. The first-order valence-corrected chi connectivity index (χ1v) is 6.80. The summed E-state index contributed by atoms with van der Waals surface area (Å²) < 4.78 is 11.3. The van der Waals surface area contributed by atoms with Crippen LogP contribution in [0.5, 0.6) is 0 Å². The third-order valence-corrected chi connectivity index (χ3v) is 4.10. The molecule has 0 amide bonds. The van der Waals surface area contributed by atoms with E-state index < -0.39 is 0 Å². The Morgan fingerprint density at radius 3 is 3.00 bits per heavy atom. The summed E-state index contributed by atoms with van der Waals surface area (Å²) in [4.78, 5) is 12.5. The molecule has 2 atom stereocenters. The van der Waals surface area contributed by atoms with Crippen molar-refractivity contribution in [2.75, 3.05) is 25.6 Å². The van der Waals surface area contributed by atoms with Gasteiger partial charge in [-0.3, -0.25) is 4.79 Å². The fraction of sp³-hybridized carbons (Fsp3) is 0.533. The minimum absolute atomic E-state index is 0.0252. The molecule has 2 heterocycles. The molecule has 2 fully saturated rings. The first kappa shape index (κ1) is 12.6. The van der Waals surface area contributed by atoms with Gasteiger partial charge in [-0.25, -0.2) is 0 Å². The van der Waals surface area contributed by atoms with Crippen molar-refractivity contribution >= 4 is 11.5 Å². The summed E-state index contributed by atoms with van der Waals surface area (Å²) in [5.41, 5.74) is 6.87. The number of ketones is 1. The monoisotopic (exact) mass is 261 g/mol. The van der Waals surface area contributed by atoms with E-state index in [-0.39, 0.29) is 17.3 Å². The van der Waals surface area contributed by atoms with Crippen LogP contribution >= 0.6 is 0 Å². The highest BCUT2D eigenvalue weighted by molar-refractivity contribution is 5.98. The Hall–Kier alpha value is -1.39. The Balaban J connectivity index is 1.76. The molecule has 0 aliphatic carbocycles. The van der Waals surface area contributed by atoms with Crippen LogP contribution in [0.25, 0.3) is 0 Å². The van der Waals surface area contributed by atoms with Gasteiger partial charge in [-0.05, 0) is 25.0 Å². The number of carbonyl (C=O) groups is 1. The molecule has 1 spiro atoms. The number of benzene rings is 1. The van der Waals surface area contributed by atoms with E-state index in [4.69, 9.17) is 15.2 Å². The number of rotatable bonds is 2. The normalized spacial score (nSPS) is 30.6. The average Bonchev–Trinajstić information content (AvgIpc) is 2.86. The topological polar surface area (TPSA) is 61.6 Å². The van der Waals surface area contributed by atoms with E-state index in [1.54, 1.807) is 12.1 Å². The van der Waals surface area contributed by atoms with E-state index in [1.807, 2.05) is 12.1 Å². The third kappa shape index (κ3) is 2.51. The molecule has 3 rings (SSSR count). The van der Waals surface area contributed by atoms with Gasteiger partial charge in [0.2, 0.25) is 0 Å². The number of nitrogen functional groups attached to an aromatic ring is 1. The second-order valence-electron chi connectivity index (χ2n) is 5.51. The van der Waals surface area contributed by atoms with Gasteiger partial charge in [0.05, 0.1) is 12.2 Å². The molecule has 4 nitrogen and oxygen atoms in total. The number of hydrogen-bond acceptors (Lipinski definition) is 4. The van der Waals surface area contributed by atoms with Gasteiger partial charge in [0.25, 0.3) is 0 Å². The van der Waals surface area contributed by atoms with Crippen molar-refractivity contribution in [2.24, 2.45) is 5.92 Å². The lowest BCUT2D eigenvalue weighted by molar-refractivity contribution is -0.0920. The molecule has 2 N–H and O–H groups in total. The molecule has 0 saturated carbocycles. The number of hydrogen-bond donors (Lipinski definition) is 1.